The van der Waals surface area contributed by atoms with Gasteiger partial charge in [-0.15, -0.1) is 0 Å². The standard InChI is InChI=1S/C15H20N4O2/c1-10(2)14(20)16-7-8-17-15(21)12-9-19-11(3)5-4-6-13(19)18-12/h4-6,9-10H,7-8H2,1-3H3,(H,16,20)(H,17,21). The highest BCUT2D eigenvalue weighted by Crippen LogP contribution is 2.08. The molecule has 2 aromatic rings. The maximum absolute atomic E-state index is 12.0. The number of fused-ring (bicyclic) bond motifs is 1. The maximum Gasteiger partial charge on any atom is 0.271 e. The lowest BCUT2D eigenvalue weighted by Gasteiger charge is -2.07. The number of pyridine rings is 1. The zero-order valence-electron chi connectivity index (χ0n) is 12.5. The van der Waals surface area contributed by atoms with Crippen LogP contribution in [0.1, 0.15) is 30.0 Å². The molecule has 0 aliphatic rings. The molecule has 0 unspecified atom stereocenters. The van der Waals surface area contributed by atoms with Crippen LogP contribution in [0, 0.1) is 12.8 Å². The summed E-state index contributed by atoms with van der Waals surface area (Å²) in [5.41, 5.74) is 2.14. The van der Waals surface area contributed by atoms with E-state index in [4.69, 9.17) is 0 Å². The van der Waals surface area contributed by atoms with Crippen molar-refractivity contribution >= 4 is 17.5 Å². The van der Waals surface area contributed by atoms with Gasteiger partial charge in [0.1, 0.15) is 11.3 Å². The van der Waals surface area contributed by atoms with Crippen molar-refractivity contribution in [3.8, 4) is 0 Å². The van der Waals surface area contributed by atoms with E-state index >= 15 is 0 Å². The predicted octanol–water partition coefficient (Wildman–Crippen LogP) is 1.14. The van der Waals surface area contributed by atoms with Crippen LogP contribution in [0.3, 0.4) is 0 Å². The largest absolute Gasteiger partial charge is 0.354 e. The number of amides is 2. The third-order valence-electron chi connectivity index (χ3n) is 3.16. The van der Waals surface area contributed by atoms with Crippen LogP contribution in [-0.4, -0.2) is 34.3 Å². The van der Waals surface area contributed by atoms with Gasteiger partial charge in [0, 0.05) is 30.9 Å². The van der Waals surface area contributed by atoms with Crippen LogP contribution in [0.2, 0.25) is 0 Å². The normalized spacial score (nSPS) is 10.9. The summed E-state index contributed by atoms with van der Waals surface area (Å²) in [6.07, 6.45) is 1.71. The lowest BCUT2D eigenvalue weighted by Crippen LogP contribution is -2.36. The summed E-state index contributed by atoms with van der Waals surface area (Å²) in [6.45, 7) is 6.40. The zero-order chi connectivity index (χ0) is 15.4. The fraction of sp³-hybridized carbons (Fsp3) is 0.400. The summed E-state index contributed by atoms with van der Waals surface area (Å²) in [7, 11) is 0. The molecule has 2 aromatic heterocycles. The van der Waals surface area contributed by atoms with Gasteiger partial charge in [-0.1, -0.05) is 19.9 Å². The molecular formula is C15H20N4O2. The Balaban J connectivity index is 1.91. The number of hydrogen-bond donors (Lipinski definition) is 2. The highest BCUT2D eigenvalue weighted by atomic mass is 16.2. The fourth-order valence-electron chi connectivity index (χ4n) is 1.91. The molecule has 2 N–H and O–H groups in total. The van der Waals surface area contributed by atoms with Crippen LogP contribution in [0.5, 0.6) is 0 Å². The average molecular weight is 288 g/mol. The van der Waals surface area contributed by atoms with E-state index in [9.17, 15) is 9.59 Å². The Hall–Kier alpha value is -2.37. The number of hydrogen-bond acceptors (Lipinski definition) is 3. The molecule has 0 aromatic carbocycles. The van der Waals surface area contributed by atoms with Crippen molar-refractivity contribution in [2.75, 3.05) is 13.1 Å². The highest BCUT2D eigenvalue weighted by molar-refractivity contribution is 5.92. The molecule has 2 amide bonds. The summed E-state index contributed by atoms with van der Waals surface area (Å²) in [5.74, 6) is -0.313. The molecule has 0 radical (unpaired) electrons. The molecule has 21 heavy (non-hydrogen) atoms. The van der Waals surface area contributed by atoms with E-state index in [-0.39, 0.29) is 17.7 Å². The molecule has 0 saturated carbocycles. The first kappa shape index (κ1) is 15.0. The lowest BCUT2D eigenvalue weighted by molar-refractivity contribution is -0.123. The molecular weight excluding hydrogens is 268 g/mol. The first-order chi connectivity index (χ1) is 9.99. The Morgan fingerprint density at radius 3 is 2.62 bits per heavy atom. The molecule has 0 aliphatic heterocycles. The van der Waals surface area contributed by atoms with Gasteiger partial charge in [0.2, 0.25) is 5.91 Å². The van der Waals surface area contributed by atoms with Gasteiger partial charge < -0.3 is 15.0 Å². The van der Waals surface area contributed by atoms with Crippen LogP contribution >= 0.6 is 0 Å². The van der Waals surface area contributed by atoms with Crippen molar-refractivity contribution in [3.05, 3.63) is 35.8 Å². The number of imidazole rings is 1. The molecule has 0 aliphatic carbocycles. The molecule has 0 saturated heterocycles. The van der Waals surface area contributed by atoms with E-state index in [2.05, 4.69) is 15.6 Å². The summed E-state index contributed by atoms with van der Waals surface area (Å²) < 4.78 is 1.87. The van der Waals surface area contributed by atoms with Crippen molar-refractivity contribution in [2.24, 2.45) is 5.92 Å². The number of rotatable bonds is 5. The summed E-state index contributed by atoms with van der Waals surface area (Å²) >= 11 is 0. The number of carbonyl (C=O) groups excluding carboxylic acids is 2. The Kier molecular flexibility index (Phi) is 4.57. The van der Waals surface area contributed by atoms with E-state index in [0.29, 0.717) is 18.8 Å². The molecule has 112 valence electrons. The maximum atomic E-state index is 12.0. The highest BCUT2D eigenvalue weighted by Gasteiger charge is 2.11. The number of nitrogens with zero attached hydrogens (tertiary/aromatic N) is 2. The molecule has 0 atom stereocenters. The second-order valence-corrected chi connectivity index (χ2v) is 5.22. The quantitative estimate of drug-likeness (QED) is 0.810. The van der Waals surface area contributed by atoms with Crippen molar-refractivity contribution in [1.82, 2.24) is 20.0 Å². The number of carbonyl (C=O) groups is 2. The van der Waals surface area contributed by atoms with E-state index in [1.165, 1.54) is 0 Å². The smallest absolute Gasteiger partial charge is 0.271 e. The summed E-state index contributed by atoms with van der Waals surface area (Å²) in [4.78, 5) is 27.7. The van der Waals surface area contributed by atoms with Crippen molar-refractivity contribution in [3.63, 3.8) is 0 Å². The minimum Gasteiger partial charge on any atom is -0.354 e. The Morgan fingerprint density at radius 1 is 1.24 bits per heavy atom. The van der Waals surface area contributed by atoms with Gasteiger partial charge >= 0.3 is 0 Å². The Morgan fingerprint density at radius 2 is 1.95 bits per heavy atom. The Bertz CT molecular complexity index is 661. The molecule has 2 rings (SSSR count). The zero-order valence-corrected chi connectivity index (χ0v) is 12.5. The molecule has 2 heterocycles. The topological polar surface area (TPSA) is 75.5 Å². The molecule has 0 bridgehead atoms. The van der Waals surface area contributed by atoms with Gasteiger partial charge in [-0.2, -0.15) is 0 Å². The lowest BCUT2D eigenvalue weighted by atomic mass is 10.2. The molecule has 6 nitrogen and oxygen atoms in total. The molecule has 0 fully saturated rings. The van der Waals surface area contributed by atoms with Gasteiger partial charge in [-0.25, -0.2) is 4.98 Å². The van der Waals surface area contributed by atoms with E-state index in [1.807, 2.05) is 43.4 Å². The van der Waals surface area contributed by atoms with Gasteiger partial charge in [0.15, 0.2) is 0 Å². The van der Waals surface area contributed by atoms with E-state index < -0.39 is 0 Å². The predicted molar refractivity (Wildman–Crippen MR) is 80.1 cm³/mol. The molecule has 0 spiro atoms. The van der Waals surface area contributed by atoms with Gasteiger partial charge in [0.05, 0.1) is 0 Å². The third kappa shape index (κ3) is 3.59. The fourth-order valence-corrected chi connectivity index (χ4v) is 1.91. The van der Waals surface area contributed by atoms with Crippen molar-refractivity contribution < 1.29 is 9.59 Å². The summed E-state index contributed by atoms with van der Waals surface area (Å²) in [6, 6.07) is 5.71. The number of aryl methyl sites for hydroxylation is 1. The van der Waals surface area contributed by atoms with Crippen molar-refractivity contribution in [2.45, 2.75) is 20.8 Å². The van der Waals surface area contributed by atoms with Crippen LogP contribution < -0.4 is 10.6 Å². The molecule has 6 heteroatoms. The second-order valence-electron chi connectivity index (χ2n) is 5.22. The number of aromatic nitrogens is 2. The average Bonchev–Trinajstić information content (AvgIpc) is 2.88. The summed E-state index contributed by atoms with van der Waals surface area (Å²) in [5, 5.41) is 5.49. The third-order valence-corrected chi connectivity index (χ3v) is 3.16. The van der Waals surface area contributed by atoms with E-state index in [1.54, 1.807) is 6.20 Å². The van der Waals surface area contributed by atoms with Crippen LogP contribution in [-0.2, 0) is 4.79 Å². The minimum absolute atomic E-state index is 0.0207. The monoisotopic (exact) mass is 288 g/mol. The van der Waals surface area contributed by atoms with Crippen molar-refractivity contribution in [1.29, 1.82) is 0 Å². The van der Waals surface area contributed by atoms with Gasteiger partial charge in [-0.3, -0.25) is 9.59 Å². The van der Waals surface area contributed by atoms with Gasteiger partial charge in [-0.05, 0) is 19.1 Å². The number of nitrogens with one attached hydrogen (secondary N) is 2. The Labute approximate surface area is 123 Å². The first-order valence-electron chi connectivity index (χ1n) is 6.99. The van der Waals surface area contributed by atoms with Gasteiger partial charge in [0.25, 0.3) is 5.91 Å². The second kappa shape index (κ2) is 6.39. The minimum atomic E-state index is -0.239. The SMILES string of the molecule is Cc1cccc2nc(C(=O)NCCNC(=O)C(C)C)cn12. The van der Waals surface area contributed by atoms with Crippen LogP contribution in [0.25, 0.3) is 5.65 Å². The van der Waals surface area contributed by atoms with Crippen LogP contribution in [0.15, 0.2) is 24.4 Å². The van der Waals surface area contributed by atoms with Crippen LogP contribution in [0.4, 0.5) is 0 Å². The first-order valence-corrected chi connectivity index (χ1v) is 6.99. The van der Waals surface area contributed by atoms with E-state index in [0.717, 1.165) is 11.3 Å².